The smallest absolute Gasteiger partial charge is 0.125 e. The highest BCUT2D eigenvalue weighted by Gasteiger charge is 2.30. The summed E-state index contributed by atoms with van der Waals surface area (Å²) in [5.74, 6) is 1.43. The molecule has 0 saturated heterocycles. The van der Waals surface area contributed by atoms with Crippen molar-refractivity contribution < 1.29 is 15.3 Å². The standard InChI is InChI=1S/C27H51N3O.C24H45N3O.C24H45N3S.C18H33N3O/c1-7-13-28(14-8-2)21-24-19-25(22-29(15-9-3)16-10-4)27(31)26(20-24)23-30(17-11-5)18-12-6;2*1-10-25(11-2)18(7)21-16-22(19(8)26(12-3)13-4)24(28)23(17-21)20(9)27(14-5)15-6;1-12(19(4)5)15-10-16(13(2)20(6)7)18(22)17(11-15)14(3)21(8)9/h19-20,31H,7-18,21-23H2,1-6H3;2*16-20,28H,10-15H2,1-9H3;10-14,22H,1-9H3. The Balaban J connectivity index is 0.000000731. The van der Waals surface area contributed by atoms with E-state index in [-0.39, 0.29) is 24.2 Å². The molecule has 16 heteroatoms. The number of benzene rings is 4. The van der Waals surface area contributed by atoms with Gasteiger partial charge in [-0.25, -0.2) is 0 Å². The van der Waals surface area contributed by atoms with E-state index >= 15 is 0 Å². The molecule has 0 aliphatic rings. The monoisotopic (exact) mass is 1540 g/mol. The molecule has 0 fully saturated rings. The van der Waals surface area contributed by atoms with Crippen LogP contribution in [0.2, 0.25) is 0 Å². The maximum atomic E-state index is 11.3. The number of thiol groups is 1. The van der Waals surface area contributed by atoms with Crippen molar-refractivity contribution in [1.29, 1.82) is 0 Å². The molecule has 9 unspecified atom stereocenters. The molecule has 0 aliphatic heterocycles. The third kappa shape index (κ3) is 31.4. The van der Waals surface area contributed by atoms with Crippen molar-refractivity contribution in [3.63, 3.8) is 0 Å². The van der Waals surface area contributed by atoms with Crippen molar-refractivity contribution in [2.24, 2.45) is 0 Å². The van der Waals surface area contributed by atoms with E-state index in [1.54, 1.807) is 0 Å². The lowest BCUT2D eigenvalue weighted by Crippen LogP contribution is -2.30. The lowest BCUT2D eigenvalue weighted by atomic mass is 9.92. The van der Waals surface area contributed by atoms with Crippen LogP contribution >= 0.6 is 12.6 Å². The number of aromatic hydroxyl groups is 3. The second-order valence-corrected chi connectivity index (χ2v) is 32.0. The first-order chi connectivity index (χ1) is 51.7. The molecule has 630 valence electrons. The largest absolute Gasteiger partial charge is 0.507 e. The molecule has 0 amide bonds. The van der Waals surface area contributed by atoms with Crippen molar-refractivity contribution >= 4 is 12.6 Å². The van der Waals surface area contributed by atoms with E-state index in [4.69, 9.17) is 12.6 Å². The molecular weight excluding hydrogens is 1370 g/mol. The van der Waals surface area contributed by atoms with Gasteiger partial charge in [-0.3, -0.25) is 44.1 Å². The number of rotatable bonds is 48. The fraction of sp³-hybridized carbons (Fsp3) is 0.742. The third-order valence-corrected chi connectivity index (χ3v) is 24.5. The maximum absolute atomic E-state index is 11.3. The Morgan fingerprint density at radius 3 is 0.688 bits per heavy atom. The maximum Gasteiger partial charge on any atom is 0.125 e. The van der Waals surface area contributed by atoms with Crippen LogP contribution < -0.4 is 0 Å². The van der Waals surface area contributed by atoms with Gasteiger partial charge < -0.3 is 30.0 Å². The van der Waals surface area contributed by atoms with Crippen molar-refractivity contribution in [2.75, 3.05) is 160 Å². The van der Waals surface area contributed by atoms with Crippen LogP contribution in [0.15, 0.2) is 53.4 Å². The van der Waals surface area contributed by atoms with Crippen molar-refractivity contribution in [3.8, 4) is 17.2 Å². The number of nitrogens with zero attached hydrogens (tertiary/aromatic N) is 12. The molecule has 0 saturated carbocycles. The molecule has 0 aliphatic carbocycles. The average molecular weight is 1540 g/mol. The summed E-state index contributed by atoms with van der Waals surface area (Å²) in [6.07, 6.45) is 6.95. The molecule has 9 atom stereocenters. The zero-order valence-corrected chi connectivity index (χ0v) is 78.0. The first-order valence-electron chi connectivity index (χ1n) is 43.7. The molecule has 0 bridgehead atoms. The number of hydrogen-bond donors (Lipinski definition) is 4. The minimum absolute atomic E-state index is 0.169. The molecule has 0 heterocycles. The van der Waals surface area contributed by atoms with Crippen LogP contribution in [-0.4, -0.2) is 234 Å². The molecule has 4 rings (SSSR count). The van der Waals surface area contributed by atoms with Gasteiger partial charge in [0.25, 0.3) is 0 Å². The Bertz CT molecular complexity index is 2770. The first-order valence-corrected chi connectivity index (χ1v) is 44.2. The topological polar surface area (TPSA) is 99.6 Å². The fourth-order valence-electron chi connectivity index (χ4n) is 16.0. The highest BCUT2D eigenvalue weighted by molar-refractivity contribution is 7.80. The van der Waals surface area contributed by atoms with Gasteiger partial charge >= 0.3 is 0 Å². The Labute approximate surface area is 679 Å². The summed E-state index contributed by atoms with van der Waals surface area (Å²) in [6, 6.07) is 20.7. The van der Waals surface area contributed by atoms with Crippen LogP contribution in [0, 0.1) is 0 Å². The van der Waals surface area contributed by atoms with Gasteiger partial charge in [-0.15, -0.1) is 12.6 Å². The second kappa shape index (κ2) is 54.8. The molecule has 109 heavy (non-hydrogen) atoms. The predicted molar refractivity (Wildman–Crippen MR) is 480 cm³/mol. The van der Waals surface area contributed by atoms with Crippen LogP contribution in [0.3, 0.4) is 0 Å². The first kappa shape index (κ1) is 103. The fourth-order valence-corrected chi connectivity index (χ4v) is 16.6. The van der Waals surface area contributed by atoms with E-state index in [9.17, 15) is 15.3 Å². The van der Waals surface area contributed by atoms with E-state index in [1.165, 1.54) is 51.1 Å². The van der Waals surface area contributed by atoms with Crippen LogP contribution in [0.1, 0.15) is 347 Å². The van der Waals surface area contributed by atoms with Crippen LogP contribution in [0.4, 0.5) is 0 Å². The minimum Gasteiger partial charge on any atom is -0.507 e. The van der Waals surface area contributed by atoms with Crippen LogP contribution in [0.25, 0.3) is 0 Å². The Morgan fingerprint density at radius 2 is 0.459 bits per heavy atom. The Morgan fingerprint density at radius 1 is 0.257 bits per heavy atom. The number of phenols is 3. The van der Waals surface area contributed by atoms with Crippen molar-refractivity contribution in [3.05, 3.63) is 115 Å². The molecule has 0 aromatic heterocycles. The summed E-state index contributed by atoms with van der Waals surface area (Å²) < 4.78 is 0. The second-order valence-electron chi connectivity index (χ2n) is 31.5. The summed E-state index contributed by atoms with van der Waals surface area (Å²) in [7, 11) is 12.3. The quantitative estimate of drug-likeness (QED) is 0.0316. The normalized spacial score (nSPS) is 14.6. The summed E-state index contributed by atoms with van der Waals surface area (Å²) in [5.41, 5.74) is 14.4. The third-order valence-electron chi connectivity index (χ3n) is 24.0. The van der Waals surface area contributed by atoms with Gasteiger partial charge in [-0.1, -0.05) is 137 Å². The minimum atomic E-state index is 0.169. The lowest BCUT2D eigenvalue weighted by Gasteiger charge is -2.34. The molecule has 15 nitrogen and oxygen atoms in total. The molecule has 0 spiro atoms. The molecule has 3 N–H and O–H groups in total. The molecule has 4 aromatic carbocycles. The average Bonchev–Trinajstić information content (AvgIpc) is 0.804. The van der Waals surface area contributed by atoms with E-state index in [2.05, 4.69) is 308 Å². The number of hydrogen-bond acceptors (Lipinski definition) is 16. The van der Waals surface area contributed by atoms with E-state index in [0.717, 1.165) is 197 Å². The molecular formula is C93H174N12O3S. The van der Waals surface area contributed by atoms with E-state index in [1.807, 2.05) is 28.2 Å². The predicted octanol–water partition coefficient (Wildman–Crippen LogP) is 21.3. The van der Waals surface area contributed by atoms with Gasteiger partial charge in [-0.2, -0.15) is 0 Å². The summed E-state index contributed by atoms with van der Waals surface area (Å²) in [6.45, 7) is 82.0. The summed E-state index contributed by atoms with van der Waals surface area (Å²) in [4.78, 5) is 30.0. The lowest BCUT2D eigenvalue weighted by molar-refractivity contribution is 0.216. The Hall–Kier alpha value is -3.85. The molecule has 4 aromatic rings. The van der Waals surface area contributed by atoms with Crippen LogP contribution in [-0.2, 0) is 19.6 Å². The van der Waals surface area contributed by atoms with Gasteiger partial charge in [0.1, 0.15) is 17.2 Å². The molecule has 0 radical (unpaired) electrons. The van der Waals surface area contributed by atoms with Gasteiger partial charge in [0, 0.05) is 112 Å². The SMILES string of the molecule is CC(c1cc(C(C)N(C)C)c(O)c(C(C)N(C)C)c1)N(C)C.CCCN(CCC)Cc1cc(CN(CCC)CCC)c(O)c(CN(CCC)CCC)c1.CCN(CC)C(C)c1cc(C(C)N(CC)CC)c(O)c(C(C)N(CC)CC)c1.CCN(CC)C(C)c1cc(C(C)N(CC)CC)c(S)c(C(C)N(CC)CC)c1. The highest BCUT2D eigenvalue weighted by atomic mass is 32.1. The summed E-state index contributed by atoms with van der Waals surface area (Å²) >= 11 is 5.08. The Kier molecular flexibility index (Phi) is 51.9. The van der Waals surface area contributed by atoms with Crippen LogP contribution in [0.5, 0.6) is 17.2 Å². The van der Waals surface area contributed by atoms with Gasteiger partial charge in [0.05, 0.1) is 0 Å². The zero-order chi connectivity index (χ0) is 83.1. The highest BCUT2D eigenvalue weighted by Crippen LogP contribution is 2.42. The van der Waals surface area contributed by atoms with Crippen molar-refractivity contribution in [2.45, 2.75) is 304 Å². The van der Waals surface area contributed by atoms with Crippen molar-refractivity contribution in [1.82, 2.24) is 58.8 Å². The summed E-state index contributed by atoms with van der Waals surface area (Å²) in [5, 5.41) is 33.4. The van der Waals surface area contributed by atoms with E-state index < -0.39 is 0 Å². The van der Waals surface area contributed by atoms with E-state index in [0.29, 0.717) is 47.5 Å². The van der Waals surface area contributed by atoms with Gasteiger partial charge in [0.2, 0.25) is 0 Å². The van der Waals surface area contributed by atoms with Gasteiger partial charge in [0.15, 0.2) is 0 Å². The van der Waals surface area contributed by atoms with Gasteiger partial charge in [-0.05, 0) is 331 Å². The number of phenolic OH excluding ortho intramolecular Hbond substituents is 3. The zero-order valence-electron chi connectivity index (χ0n) is 77.1.